The highest BCUT2D eigenvalue weighted by Gasteiger charge is 2.41. The second kappa shape index (κ2) is 7.87. The van der Waals surface area contributed by atoms with Crippen LogP contribution in [0.15, 0.2) is 71.8 Å². The van der Waals surface area contributed by atoms with E-state index < -0.39 is 0 Å². The van der Waals surface area contributed by atoms with Crippen molar-refractivity contribution in [3.8, 4) is 23.0 Å². The van der Waals surface area contributed by atoms with Gasteiger partial charge in [0.1, 0.15) is 23.0 Å². The Morgan fingerprint density at radius 1 is 0.839 bits per heavy atom. The Morgan fingerprint density at radius 2 is 1.55 bits per heavy atom. The van der Waals surface area contributed by atoms with Crippen molar-refractivity contribution in [3.05, 3.63) is 83.4 Å². The number of nitrogens with zero attached hydrogens (tertiary/aromatic N) is 2. The number of methoxy groups -OCH3 is 3. The minimum atomic E-state index is -0.350. The molecule has 31 heavy (non-hydrogen) atoms. The molecule has 0 radical (unpaired) electrons. The monoisotopic (exact) mass is 416 g/mol. The Morgan fingerprint density at radius 3 is 2.29 bits per heavy atom. The minimum Gasteiger partial charge on any atom is -0.497 e. The average molecular weight is 416 g/mol. The lowest BCUT2D eigenvalue weighted by Gasteiger charge is -2.38. The summed E-state index contributed by atoms with van der Waals surface area (Å²) in [4.78, 5) is 0. The molecule has 6 nitrogen and oxygen atoms in total. The van der Waals surface area contributed by atoms with E-state index in [9.17, 15) is 0 Å². The first-order valence-electron chi connectivity index (χ1n) is 10.2. The van der Waals surface area contributed by atoms with E-state index >= 15 is 0 Å². The summed E-state index contributed by atoms with van der Waals surface area (Å²) in [7, 11) is 5.01. The summed E-state index contributed by atoms with van der Waals surface area (Å²) >= 11 is 0. The molecule has 0 aromatic heterocycles. The van der Waals surface area contributed by atoms with Crippen LogP contribution in [-0.2, 0) is 0 Å². The number of fused-ring (bicyclic) bond motifs is 3. The van der Waals surface area contributed by atoms with Crippen molar-refractivity contribution in [2.24, 2.45) is 5.10 Å². The third kappa shape index (κ3) is 3.44. The Kier molecular flexibility index (Phi) is 4.90. The van der Waals surface area contributed by atoms with Gasteiger partial charge in [0.25, 0.3) is 0 Å². The van der Waals surface area contributed by atoms with Crippen molar-refractivity contribution < 1.29 is 18.9 Å². The van der Waals surface area contributed by atoms with Crippen molar-refractivity contribution in [2.75, 3.05) is 21.3 Å². The fourth-order valence-electron chi connectivity index (χ4n) is 4.17. The van der Waals surface area contributed by atoms with Crippen LogP contribution in [0, 0.1) is 0 Å². The normalized spacial score (nSPS) is 19.1. The summed E-state index contributed by atoms with van der Waals surface area (Å²) in [6.45, 7) is 0. The van der Waals surface area contributed by atoms with Crippen molar-refractivity contribution in [2.45, 2.75) is 18.7 Å². The van der Waals surface area contributed by atoms with Crippen LogP contribution in [0.4, 0.5) is 0 Å². The Labute approximate surface area is 181 Å². The summed E-state index contributed by atoms with van der Waals surface area (Å²) in [5.74, 6) is 3.27. The van der Waals surface area contributed by atoms with E-state index in [0.29, 0.717) is 0 Å². The highest BCUT2D eigenvalue weighted by Crippen LogP contribution is 2.48. The third-order valence-electron chi connectivity index (χ3n) is 5.80. The molecule has 3 aromatic rings. The van der Waals surface area contributed by atoms with Gasteiger partial charge in [0.05, 0.1) is 33.1 Å². The van der Waals surface area contributed by atoms with Crippen molar-refractivity contribution in [3.63, 3.8) is 0 Å². The first-order chi connectivity index (χ1) is 15.2. The molecular formula is C25H24N2O4. The van der Waals surface area contributed by atoms with Gasteiger partial charge in [-0.3, -0.25) is 0 Å². The van der Waals surface area contributed by atoms with Crippen molar-refractivity contribution >= 4 is 5.71 Å². The van der Waals surface area contributed by atoms with E-state index in [4.69, 9.17) is 24.0 Å². The van der Waals surface area contributed by atoms with Crippen LogP contribution in [0.5, 0.6) is 23.0 Å². The van der Waals surface area contributed by atoms with Crippen LogP contribution in [-0.4, -0.2) is 32.0 Å². The number of rotatable bonds is 5. The van der Waals surface area contributed by atoms with Crippen LogP contribution < -0.4 is 18.9 Å². The molecule has 2 atom stereocenters. The van der Waals surface area contributed by atoms with Crippen molar-refractivity contribution in [1.82, 2.24) is 5.01 Å². The summed E-state index contributed by atoms with van der Waals surface area (Å²) in [6, 6.07) is 21.9. The van der Waals surface area contributed by atoms with Gasteiger partial charge in [-0.15, -0.1) is 0 Å². The predicted octanol–water partition coefficient (Wildman–Crippen LogP) is 4.95. The molecule has 158 valence electrons. The molecule has 0 bridgehead atoms. The molecule has 0 N–H and O–H groups in total. The zero-order valence-corrected chi connectivity index (χ0v) is 17.7. The van der Waals surface area contributed by atoms with Gasteiger partial charge in [0, 0.05) is 17.5 Å². The Hall–Kier alpha value is -3.67. The van der Waals surface area contributed by atoms with E-state index in [1.165, 1.54) is 0 Å². The Balaban J connectivity index is 1.58. The first kappa shape index (κ1) is 19.3. The van der Waals surface area contributed by atoms with Gasteiger partial charge < -0.3 is 18.9 Å². The Bertz CT molecular complexity index is 1130. The van der Waals surface area contributed by atoms with Crippen LogP contribution in [0.25, 0.3) is 0 Å². The van der Waals surface area contributed by atoms with E-state index in [-0.39, 0.29) is 12.3 Å². The van der Waals surface area contributed by atoms with Crippen molar-refractivity contribution in [1.29, 1.82) is 0 Å². The number of hydrogen-bond acceptors (Lipinski definition) is 6. The maximum absolute atomic E-state index is 6.44. The molecule has 5 rings (SSSR count). The summed E-state index contributed by atoms with van der Waals surface area (Å²) in [6.07, 6.45) is 0.424. The molecule has 0 saturated heterocycles. The molecule has 0 spiro atoms. The van der Waals surface area contributed by atoms with Crippen LogP contribution in [0.2, 0.25) is 0 Å². The summed E-state index contributed by atoms with van der Waals surface area (Å²) in [5.41, 5.74) is 4.15. The zero-order chi connectivity index (χ0) is 21.4. The molecular weight excluding hydrogens is 392 g/mol. The smallest absolute Gasteiger partial charge is 0.214 e. The standard InChI is InChI=1S/C25H24N2O4/c1-28-18-9-7-16(8-10-18)22-15-23-21-14-20(30-3)11-12-24(21)31-25(27(23)26-22)17-5-4-6-19(13-17)29-2/h4-14,23,25H,15H2,1-3H3/t23-,25-/m0/s1. The fourth-order valence-corrected chi connectivity index (χ4v) is 4.17. The molecule has 0 unspecified atom stereocenters. The maximum atomic E-state index is 6.44. The predicted molar refractivity (Wildman–Crippen MR) is 118 cm³/mol. The quantitative estimate of drug-likeness (QED) is 0.589. The lowest BCUT2D eigenvalue weighted by molar-refractivity contribution is -0.0192. The van der Waals surface area contributed by atoms with Gasteiger partial charge in [-0.25, -0.2) is 5.01 Å². The molecule has 2 aliphatic heterocycles. The first-order valence-corrected chi connectivity index (χ1v) is 10.2. The van der Waals surface area contributed by atoms with Gasteiger partial charge >= 0.3 is 0 Å². The summed E-state index contributed by atoms with van der Waals surface area (Å²) < 4.78 is 22.6. The molecule has 2 heterocycles. The number of ether oxygens (including phenoxy) is 4. The molecule has 6 heteroatoms. The van der Waals surface area contributed by atoms with Crippen LogP contribution >= 0.6 is 0 Å². The highest BCUT2D eigenvalue weighted by atomic mass is 16.5. The van der Waals surface area contributed by atoms with E-state index in [2.05, 4.69) is 5.01 Å². The van der Waals surface area contributed by atoms with Gasteiger partial charge in [-0.1, -0.05) is 12.1 Å². The largest absolute Gasteiger partial charge is 0.497 e. The van der Waals surface area contributed by atoms with E-state index in [0.717, 1.165) is 51.8 Å². The lowest BCUT2D eigenvalue weighted by atomic mass is 9.95. The van der Waals surface area contributed by atoms with Crippen LogP contribution in [0.1, 0.15) is 35.4 Å². The summed E-state index contributed by atoms with van der Waals surface area (Å²) in [5, 5.41) is 7.06. The van der Waals surface area contributed by atoms with Gasteiger partial charge in [0.15, 0.2) is 0 Å². The van der Waals surface area contributed by atoms with Crippen LogP contribution in [0.3, 0.4) is 0 Å². The van der Waals surface area contributed by atoms with E-state index in [1.807, 2.05) is 66.7 Å². The number of benzene rings is 3. The number of hydrogen-bond donors (Lipinski definition) is 0. The third-order valence-corrected chi connectivity index (χ3v) is 5.80. The fraction of sp³-hybridized carbons (Fsp3) is 0.240. The second-order valence-corrected chi connectivity index (χ2v) is 7.53. The zero-order valence-electron chi connectivity index (χ0n) is 17.7. The highest BCUT2D eigenvalue weighted by molar-refractivity contribution is 6.02. The molecule has 0 amide bonds. The minimum absolute atomic E-state index is 0.0483. The SMILES string of the molecule is COc1ccc(C2=NN3[C@@H](C2)c2cc(OC)ccc2O[C@H]3c2cccc(OC)c2)cc1. The van der Waals surface area contributed by atoms with Gasteiger partial charge in [0.2, 0.25) is 6.23 Å². The molecule has 0 fully saturated rings. The number of hydrazone groups is 1. The lowest BCUT2D eigenvalue weighted by Crippen LogP contribution is -2.33. The second-order valence-electron chi connectivity index (χ2n) is 7.53. The van der Waals surface area contributed by atoms with E-state index in [1.54, 1.807) is 21.3 Å². The molecule has 2 aliphatic rings. The van der Waals surface area contributed by atoms with Gasteiger partial charge in [-0.2, -0.15) is 5.10 Å². The van der Waals surface area contributed by atoms with Gasteiger partial charge in [-0.05, 0) is 60.2 Å². The molecule has 0 aliphatic carbocycles. The average Bonchev–Trinajstić information content (AvgIpc) is 3.29. The molecule has 0 saturated carbocycles. The topological polar surface area (TPSA) is 52.5 Å². The maximum Gasteiger partial charge on any atom is 0.214 e. The molecule has 3 aromatic carbocycles.